The molecule has 1 saturated heterocycles. The van der Waals surface area contributed by atoms with Gasteiger partial charge in [-0.2, -0.15) is 0 Å². The van der Waals surface area contributed by atoms with E-state index in [1.807, 2.05) is 13.8 Å². The lowest BCUT2D eigenvalue weighted by Crippen LogP contribution is -2.55. The van der Waals surface area contributed by atoms with Gasteiger partial charge in [-0.1, -0.05) is 32.9 Å². The molecule has 0 radical (unpaired) electrons. The van der Waals surface area contributed by atoms with Crippen molar-refractivity contribution in [2.45, 2.75) is 58.5 Å². The molecular formula is C27H41N5O5. The number of carbonyl (C=O) groups excluding carboxylic acids is 4. The Balaban J connectivity index is 1.81. The van der Waals surface area contributed by atoms with E-state index in [1.165, 1.54) is 0 Å². The normalized spacial score (nSPS) is 22.9. The molecule has 0 bridgehead atoms. The summed E-state index contributed by atoms with van der Waals surface area (Å²) in [5, 5.41) is 8.57. The quantitative estimate of drug-likeness (QED) is 0.554. The Bertz CT molecular complexity index is 945. The number of para-hydroxylation sites is 1. The first-order chi connectivity index (χ1) is 17.8. The molecule has 2 atom stereocenters. The number of amides is 4. The van der Waals surface area contributed by atoms with Crippen LogP contribution in [0.5, 0.6) is 5.75 Å². The van der Waals surface area contributed by atoms with Crippen molar-refractivity contribution in [2.24, 2.45) is 5.92 Å². The maximum absolute atomic E-state index is 13.5. The highest BCUT2D eigenvalue weighted by atomic mass is 16.5. The smallest absolute Gasteiger partial charge is 0.255 e. The summed E-state index contributed by atoms with van der Waals surface area (Å²) in [5.74, 6) is -0.551. The van der Waals surface area contributed by atoms with Gasteiger partial charge in [0, 0.05) is 39.1 Å². The SMILES string of the molecule is CCN1CCN(C(=O)[C@@H]2CCC(=O)NC(CC(C)C)C(=O)NCCCOc3ccccc3C(=O)N2)CC1. The van der Waals surface area contributed by atoms with Crippen LogP contribution in [-0.4, -0.2) is 91.4 Å². The van der Waals surface area contributed by atoms with Crippen LogP contribution in [0.2, 0.25) is 0 Å². The number of ether oxygens (including phenoxy) is 1. The van der Waals surface area contributed by atoms with Gasteiger partial charge >= 0.3 is 0 Å². The first-order valence-corrected chi connectivity index (χ1v) is 13.4. The summed E-state index contributed by atoms with van der Waals surface area (Å²) in [6.07, 6.45) is 1.17. The lowest BCUT2D eigenvalue weighted by Gasteiger charge is -2.36. The van der Waals surface area contributed by atoms with Crippen LogP contribution in [0.3, 0.4) is 0 Å². The van der Waals surface area contributed by atoms with Crippen molar-refractivity contribution in [3.63, 3.8) is 0 Å². The van der Waals surface area contributed by atoms with Gasteiger partial charge in [-0.15, -0.1) is 0 Å². The third-order valence-electron chi connectivity index (χ3n) is 6.76. The highest BCUT2D eigenvalue weighted by molar-refractivity contribution is 5.99. The number of rotatable bonds is 4. The van der Waals surface area contributed by atoms with Crippen molar-refractivity contribution in [2.75, 3.05) is 45.9 Å². The molecule has 3 rings (SSSR count). The summed E-state index contributed by atoms with van der Waals surface area (Å²) in [6, 6.07) is 5.36. The van der Waals surface area contributed by atoms with Gasteiger partial charge in [0.15, 0.2) is 0 Å². The van der Waals surface area contributed by atoms with Crippen molar-refractivity contribution in [1.29, 1.82) is 0 Å². The Kier molecular flexibility index (Phi) is 10.7. The molecule has 1 fully saturated rings. The zero-order chi connectivity index (χ0) is 26.8. The van der Waals surface area contributed by atoms with Gasteiger partial charge in [0.1, 0.15) is 17.8 Å². The maximum Gasteiger partial charge on any atom is 0.255 e. The Morgan fingerprint density at radius 3 is 2.51 bits per heavy atom. The average Bonchev–Trinajstić information content (AvgIpc) is 2.89. The van der Waals surface area contributed by atoms with E-state index in [1.54, 1.807) is 29.2 Å². The monoisotopic (exact) mass is 515 g/mol. The molecule has 2 aliphatic heterocycles. The van der Waals surface area contributed by atoms with Crippen LogP contribution < -0.4 is 20.7 Å². The number of hydrogen-bond acceptors (Lipinski definition) is 6. The highest BCUT2D eigenvalue weighted by Gasteiger charge is 2.30. The molecule has 4 amide bonds. The van der Waals surface area contributed by atoms with Crippen molar-refractivity contribution < 1.29 is 23.9 Å². The van der Waals surface area contributed by atoms with Crippen molar-refractivity contribution >= 4 is 23.6 Å². The molecule has 0 aliphatic carbocycles. The minimum atomic E-state index is -0.871. The molecule has 204 valence electrons. The molecular weight excluding hydrogens is 474 g/mol. The topological polar surface area (TPSA) is 120 Å². The standard InChI is InChI=1S/C27H41N5O5/c1-4-31-13-15-32(16-14-31)27(36)21-10-11-24(33)29-22(18-19(2)3)26(35)28-12-7-17-37-23-9-6-5-8-20(23)25(34)30-21/h5-6,8-9,19,21-22H,4,7,10-18H2,1-3H3,(H,28,35)(H,29,33)(H,30,34)/t21-,22?/m0/s1. The minimum absolute atomic E-state index is 0.00559. The summed E-state index contributed by atoms with van der Waals surface area (Å²) in [6.45, 7) is 10.4. The molecule has 1 aromatic rings. The van der Waals surface area contributed by atoms with Crippen LogP contribution in [-0.2, 0) is 14.4 Å². The van der Waals surface area contributed by atoms with E-state index in [-0.39, 0.29) is 36.5 Å². The molecule has 3 N–H and O–H groups in total. The number of fused-ring (bicyclic) bond motifs is 1. The zero-order valence-corrected chi connectivity index (χ0v) is 22.3. The van der Waals surface area contributed by atoms with E-state index >= 15 is 0 Å². The summed E-state index contributed by atoms with van der Waals surface area (Å²) >= 11 is 0. The summed E-state index contributed by atoms with van der Waals surface area (Å²) < 4.78 is 5.86. The molecule has 0 aromatic heterocycles. The second kappa shape index (κ2) is 14.0. The zero-order valence-electron chi connectivity index (χ0n) is 22.3. The molecule has 37 heavy (non-hydrogen) atoms. The molecule has 0 saturated carbocycles. The number of benzene rings is 1. The fourth-order valence-electron chi connectivity index (χ4n) is 4.61. The fraction of sp³-hybridized carbons (Fsp3) is 0.630. The first-order valence-electron chi connectivity index (χ1n) is 13.4. The predicted octanol–water partition coefficient (Wildman–Crippen LogP) is 1.16. The van der Waals surface area contributed by atoms with Gasteiger partial charge in [-0.05, 0) is 43.9 Å². The summed E-state index contributed by atoms with van der Waals surface area (Å²) in [7, 11) is 0. The van der Waals surface area contributed by atoms with E-state index < -0.39 is 18.0 Å². The summed E-state index contributed by atoms with van der Waals surface area (Å²) in [5.41, 5.74) is 0.327. The van der Waals surface area contributed by atoms with Crippen LogP contribution >= 0.6 is 0 Å². The van der Waals surface area contributed by atoms with Crippen molar-refractivity contribution in [1.82, 2.24) is 25.8 Å². The van der Waals surface area contributed by atoms with E-state index in [0.717, 1.165) is 19.6 Å². The van der Waals surface area contributed by atoms with Gasteiger partial charge in [0.25, 0.3) is 5.91 Å². The Hall–Kier alpha value is -3.14. The number of nitrogens with one attached hydrogen (secondary N) is 3. The molecule has 1 aromatic carbocycles. The maximum atomic E-state index is 13.5. The largest absolute Gasteiger partial charge is 0.493 e. The Morgan fingerprint density at radius 2 is 1.81 bits per heavy atom. The van der Waals surface area contributed by atoms with Crippen LogP contribution in [0.1, 0.15) is 56.8 Å². The third kappa shape index (κ3) is 8.45. The minimum Gasteiger partial charge on any atom is -0.493 e. The van der Waals surface area contributed by atoms with Gasteiger partial charge in [-0.25, -0.2) is 0 Å². The summed E-state index contributed by atoms with van der Waals surface area (Å²) in [4.78, 5) is 56.4. The van der Waals surface area contributed by atoms with E-state index in [0.29, 0.717) is 50.4 Å². The Morgan fingerprint density at radius 1 is 1.08 bits per heavy atom. The number of nitrogens with zero attached hydrogens (tertiary/aromatic N) is 2. The number of likely N-dealkylation sites (N-methyl/N-ethyl adjacent to an activating group) is 1. The number of hydrogen-bond donors (Lipinski definition) is 3. The van der Waals surface area contributed by atoms with Gasteiger partial charge in [-0.3, -0.25) is 19.2 Å². The lowest BCUT2D eigenvalue weighted by atomic mass is 10.0. The second-order valence-corrected chi connectivity index (χ2v) is 10.1. The third-order valence-corrected chi connectivity index (χ3v) is 6.76. The number of piperazine rings is 1. The molecule has 10 nitrogen and oxygen atoms in total. The molecule has 2 heterocycles. The van der Waals surface area contributed by atoms with Crippen LogP contribution in [0.4, 0.5) is 0 Å². The Labute approximate surface area is 219 Å². The van der Waals surface area contributed by atoms with Crippen LogP contribution in [0, 0.1) is 5.92 Å². The predicted molar refractivity (Wildman–Crippen MR) is 140 cm³/mol. The van der Waals surface area contributed by atoms with E-state index in [4.69, 9.17) is 4.74 Å². The van der Waals surface area contributed by atoms with E-state index in [9.17, 15) is 19.2 Å². The fourth-order valence-corrected chi connectivity index (χ4v) is 4.61. The van der Waals surface area contributed by atoms with Gasteiger partial charge in [0.2, 0.25) is 17.7 Å². The molecule has 2 aliphatic rings. The lowest BCUT2D eigenvalue weighted by molar-refractivity contribution is -0.135. The second-order valence-electron chi connectivity index (χ2n) is 10.1. The van der Waals surface area contributed by atoms with Gasteiger partial charge < -0.3 is 30.5 Å². The van der Waals surface area contributed by atoms with E-state index in [2.05, 4.69) is 27.8 Å². The van der Waals surface area contributed by atoms with Gasteiger partial charge in [0.05, 0.1) is 12.2 Å². The van der Waals surface area contributed by atoms with Crippen LogP contribution in [0.15, 0.2) is 24.3 Å². The van der Waals surface area contributed by atoms with Crippen molar-refractivity contribution in [3.05, 3.63) is 29.8 Å². The van der Waals surface area contributed by atoms with Crippen LogP contribution in [0.25, 0.3) is 0 Å². The highest BCUT2D eigenvalue weighted by Crippen LogP contribution is 2.19. The molecule has 0 spiro atoms. The molecule has 1 unspecified atom stereocenters. The first kappa shape index (κ1) is 28.4. The number of carbonyl (C=O) groups is 4. The molecule has 10 heteroatoms. The van der Waals surface area contributed by atoms with Crippen molar-refractivity contribution in [3.8, 4) is 5.75 Å². The average molecular weight is 516 g/mol.